The highest BCUT2D eigenvalue weighted by Gasteiger charge is 2.19. The number of rotatable bonds is 40. The molecule has 0 bridgehead atoms. The Morgan fingerprint density at radius 2 is 0.736 bits per heavy atom. The minimum Gasteiger partial charge on any atom is -0.462 e. The van der Waals surface area contributed by atoms with E-state index in [4.69, 9.17) is 14.2 Å². The first-order valence-electron chi connectivity index (χ1n) is 22.5. The molecule has 0 amide bonds. The van der Waals surface area contributed by atoms with Crippen molar-refractivity contribution in [1.82, 2.24) is 0 Å². The van der Waals surface area contributed by atoms with Crippen molar-refractivity contribution in [1.29, 1.82) is 0 Å². The summed E-state index contributed by atoms with van der Waals surface area (Å²) in [6.45, 7) is 6.51. The molecule has 0 fully saturated rings. The summed E-state index contributed by atoms with van der Waals surface area (Å²) in [5.41, 5.74) is 0. The summed E-state index contributed by atoms with van der Waals surface area (Å²) in [4.78, 5) is 37.6. The fraction of sp³-hybridized carbons (Fsp3) is 0.809. The molecule has 0 saturated carbocycles. The fourth-order valence-corrected chi connectivity index (χ4v) is 6.18. The zero-order chi connectivity index (χ0) is 38.7. The molecule has 308 valence electrons. The molecule has 1 atom stereocenters. The Morgan fingerprint density at radius 1 is 0.377 bits per heavy atom. The average molecular weight is 745 g/mol. The molecule has 0 heterocycles. The van der Waals surface area contributed by atoms with Gasteiger partial charge in [0, 0.05) is 19.3 Å². The van der Waals surface area contributed by atoms with Gasteiger partial charge in [0.05, 0.1) is 0 Å². The van der Waals surface area contributed by atoms with Crippen molar-refractivity contribution in [3.05, 3.63) is 36.5 Å². The number of hydrogen-bond donors (Lipinski definition) is 0. The van der Waals surface area contributed by atoms with E-state index < -0.39 is 6.10 Å². The highest BCUT2D eigenvalue weighted by molar-refractivity contribution is 5.71. The fourth-order valence-electron chi connectivity index (χ4n) is 6.18. The van der Waals surface area contributed by atoms with Crippen LogP contribution in [0.3, 0.4) is 0 Å². The summed E-state index contributed by atoms with van der Waals surface area (Å²) in [7, 11) is 0. The van der Waals surface area contributed by atoms with Crippen LogP contribution in [0.25, 0.3) is 0 Å². The molecule has 0 aromatic heterocycles. The van der Waals surface area contributed by atoms with Crippen molar-refractivity contribution < 1.29 is 28.6 Å². The number of carbonyl (C=O) groups is 3. The van der Waals surface area contributed by atoms with Gasteiger partial charge in [-0.2, -0.15) is 0 Å². The maximum atomic E-state index is 12.7. The molecule has 0 spiro atoms. The monoisotopic (exact) mass is 745 g/mol. The van der Waals surface area contributed by atoms with E-state index in [1.54, 1.807) is 0 Å². The molecule has 0 rings (SSSR count). The largest absolute Gasteiger partial charge is 0.462 e. The van der Waals surface area contributed by atoms with Crippen LogP contribution in [0, 0.1) is 0 Å². The molecular weight excluding hydrogens is 661 g/mol. The van der Waals surface area contributed by atoms with Gasteiger partial charge in [0.15, 0.2) is 6.10 Å². The van der Waals surface area contributed by atoms with E-state index in [2.05, 4.69) is 51.2 Å². The van der Waals surface area contributed by atoms with Gasteiger partial charge in [0.1, 0.15) is 13.2 Å². The van der Waals surface area contributed by atoms with E-state index >= 15 is 0 Å². The second-order valence-electron chi connectivity index (χ2n) is 15.0. The van der Waals surface area contributed by atoms with Crippen molar-refractivity contribution in [3.63, 3.8) is 0 Å². The second-order valence-corrected chi connectivity index (χ2v) is 15.0. The molecule has 0 aliphatic rings. The summed E-state index contributed by atoms with van der Waals surface area (Å²) < 4.78 is 16.6. The third-order valence-corrected chi connectivity index (χ3v) is 9.63. The minimum absolute atomic E-state index is 0.0906. The Labute approximate surface area is 327 Å². The van der Waals surface area contributed by atoms with Gasteiger partial charge in [-0.3, -0.25) is 14.4 Å². The number of hydrogen-bond acceptors (Lipinski definition) is 6. The normalized spacial score (nSPS) is 12.3. The molecule has 0 N–H and O–H groups in total. The van der Waals surface area contributed by atoms with Crippen LogP contribution in [-0.2, 0) is 28.6 Å². The molecule has 0 aliphatic carbocycles. The first-order chi connectivity index (χ1) is 26.0. The second kappa shape index (κ2) is 42.4. The van der Waals surface area contributed by atoms with Gasteiger partial charge in [-0.05, 0) is 57.8 Å². The Hall–Kier alpha value is -2.37. The SMILES string of the molecule is CCCC/C=C\CCCCCCCC(=O)OC(COC(=O)CC/C=C\C/C=C\CCCCCCCC)COC(=O)CCCCCCCCCCCCC. The molecule has 53 heavy (non-hydrogen) atoms. The number of unbranched alkanes of at least 4 members (excludes halogenated alkanes) is 23. The smallest absolute Gasteiger partial charge is 0.306 e. The maximum Gasteiger partial charge on any atom is 0.306 e. The van der Waals surface area contributed by atoms with E-state index in [0.29, 0.717) is 19.3 Å². The Bertz CT molecular complexity index is 907. The van der Waals surface area contributed by atoms with Crippen LogP contribution in [0.5, 0.6) is 0 Å². The molecule has 0 aromatic carbocycles. The van der Waals surface area contributed by atoms with Crippen molar-refractivity contribution in [2.45, 2.75) is 232 Å². The molecule has 6 heteroatoms. The Balaban J connectivity index is 4.44. The van der Waals surface area contributed by atoms with Gasteiger partial charge < -0.3 is 14.2 Å². The standard InChI is InChI=1S/C47H84O6/c1-4-7-10-13-16-19-22-23-26-28-31-34-37-40-46(49)52-43-44(53-47(50)41-38-35-32-29-25-21-18-15-12-9-6-3)42-51-45(48)39-36-33-30-27-24-20-17-14-11-8-5-2/h15,18,23,26,31,34,44H,4-14,16-17,19-22,24-25,27-30,32-33,35-43H2,1-3H3/b18-15-,26-23-,34-31-. The van der Waals surface area contributed by atoms with Gasteiger partial charge in [-0.25, -0.2) is 0 Å². The third kappa shape index (κ3) is 40.6. The van der Waals surface area contributed by atoms with Gasteiger partial charge in [0.2, 0.25) is 0 Å². The molecule has 0 saturated heterocycles. The van der Waals surface area contributed by atoms with Crippen LogP contribution >= 0.6 is 0 Å². The third-order valence-electron chi connectivity index (χ3n) is 9.63. The Kier molecular flexibility index (Phi) is 40.5. The number of ether oxygens (including phenoxy) is 3. The quantitative estimate of drug-likeness (QED) is 0.0269. The van der Waals surface area contributed by atoms with Crippen LogP contribution < -0.4 is 0 Å². The van der Waals surface area contributed by atoms with E-state index in [1.807, 2.05) is 6.08 Å². The first-order valence-corrected chi connectivity index (χ1v) is 22.5. The van der Waals surface area contributed by atoms with Gasteiger partial charge in [-0.15, -0.1) is 0 Å². The van der Waals surface area contributed by atoms with E-state index in [-0.39, 0.29) is 37.5 Å². The average Bonchev–Trinajstić information content (AvgIpc) is 3.15. The lowest BCUT2D eigenvalue weighted by Gasteiger charge is -2.18. The predicted octanol–water partition coefficient (Wildman–Crippen LogP) is 14.2. The van der Waals surface area contributed by atoms with E-state index in [9.17, 15) is 14.4 Å². The summed E-state index contributed by atoms with van der Waals surface area (Å²) >= 11 is 0. The zero-order valence-corrected chi connectivity index (χ0v) is 35.0. The summed E-state index contributed by atoms with van der Waals surface area (Å²) in [6.07, 6.45) is 47.1. The topological polar surface area (TPSA) is 78.9 Å². The molecule has 6 nitrogen and oxygen atoms in total. The summed E-state index contributed by atoms with van der Waals surface area (Å²) in [5.74, 6) is -0.972. The Morgan fingerprint density at radius 3 is 1.23 bits per heavy atom. The molecule has 0 aliphatic heterocycles. The number of carbonyl (C=O) groups excluding carboxylic acids is 3. The number of allylic oxidation sites excluding steroid dienone is 6. The van der Waals surface area contributed by atoms with Gasteiger partial charge in [0.25, 0.3) is 0 Å². The highest BCUT2D eigenvalue weighted by Crippen LogP contribution is 2.14. The minimum atomic E-state index is -0.792. The van der Waals surface area contributed by atoms with Gasteiger partial charge >= 0.3 is 17.9 Å². The van der Waals surface area contributed by atoms with E-state index in [0.717, 1.165) is 64.2 Å². The van der Waals surface area contributed by atoms with Gasteiger partial charge in [-0.1, -0.05) is 186 Å². The molecular formula is C47H84O6. The van der Waals surface area contributed by atoms with Crippen molar-refractivity contribution in [2.75, 3.05) is 13.2 Å². The zero-order valence-electron chi connectivity index (χ0n) is 35.0. The van der Waals surface area contributed by atoms with Crippen molar-refractivity contribution in [3.8, 4) is 0 Å². The highest BCUT2D eigenvalue weighted by atomic mass is 16.6. The van der Waals surface area contributed by atoms with Crippen LogP contribution in [0.2, 0.25) is 0 Å². The van der Waals surface area contributed by atoms with Crippen LogP contribution in [0.1, 0.15) is 226 Å². The first kappa shape index (κ1) is 50.6. The summed E-state index contributed by atoms with van der Waals surface area (Å²) in [5, 5.41) is 0. The van der Waals surface area contributed by atoms with Crippen LogP contribution in [0.4, 0.5) is 0 Å². The molecule has 1 unspecified atom stereocenters. The number of esters is 3. The molecule has 0 aromatic rings. The predicted molar refractivity (Wildman–Crippen MR) is 224 cm³/mol. The summed E-state index contributed by atoms with van der Waals surface area (Å²) in [6, 6.07) is 0. The lowest BCUT2D eigenvalue weighted by Crippen LogP contribution is -2.30. The van der Waals surface area contributed by atoms with Crippen molar-refractivity contribution in [2.24, 2.45) is 0 Å². The lowest BCUT2D eigenvalue weighted by atomic mass is 10.1. The van der Waals surface area contributed by atoms with Crippen LogP contribution in [-0.4, -0.2) is 37.2 Å². The van der Waals surface area contributed by atoms with E-state index in [1.165, 1.54) is 116 Å². The van der Waals surface area contributed by atoms with Crippen molar-refractivity contribution >= 4 is 17.9 Å². The maximum absolute atomic E-state index is 12.7. The lowest BCUT2D eigenvalue weighted by molar-refractivity contribution is -0.166. The molecule has 0 radical (unpaired) electrons. The van der Waals surface area contributed by atoms with Crippen LogP contribution in [0.15, 0.2) is 36.5 Å².